The maximum absolute atomic E-state index is 13.7. The van der Waals surface area contributed by atoms with E-state index < -0.39 is 27.4 Å². The molecule has 1 aromatic heterocycles. The molecule has 2 aromatic carbocycles. The summed E-state index contributed by atoms with van der Waals surface area (Å²) < 4.78 is 30.8. The summed E-state index contributed by atoms with van der Waals surface area (Å²) in [7, 11) is -2.19. The fourth-order valence-corrected chi connectivity index (χ4v) is 5.64. The third kappa shape index (κ3) is 4.40. The van der Waals surface area contributed by atoms with Crippen LogP contribution in [0.3, 0.4) is 0 Å². The quantitative estimate of drug-likeness (QED) is 0.382. The van der Waals surface area contributed by atoms with Crippen LogP contribution in [0.15, 0.2) is 65.8 Å². The van der Waals surface area contributed by atoms with E-state index in [0.717, 1.165) is 16.0 Å². The van der Waals surface area contributed by atoms with Crippen molar-refractivity contribution in [3.8, 4) is 0 Å². The zero-order valence-corrected chi connectivity index (χ0v) is 22.7. The largest absolute Gasteiger partial charge is 0.279 e. The summed E-state index contributed by atoms with van der Waals surface area (Å²) in [5, 5.41) is 0.0812. The second kappa shape index (κ2) is 8.71. The van der Waals surface area contributed by atoms with Gasteiger partial charge in [-0.3, -0.25) is 19.2 Å². The zero-order valence-electron chi connectivity index (χ0n) is 21.1. The van der Waals surface area contributed by atoms with E-state index in [9.17, 15) is 18.0 Å². The van der Waals surface area contributed by atoms with Gasteiger partial charge in [0.1, 0.15) is 7.05 Å². The Morgan fingerprint density at radius 1 is 0.861 bits per heavy atom. The molecular formula is C27H29ClN3O4S+. The van der Waals surface area contributed by atoms with E-state index >= 15 is 0 Å². The van der Waals surface area contributed by atoms with Gasteiger partial charge in [0, 0.05) is 11.6 Å². The van der Waals surface area contributed by atoms with Crippen LogP contribution in [0, 0.1) is 0 Å². The number of sulfonamides is 1. The van der Waals surface area contributed by atoms with Gasteiger partial charge in [-0.15, -0.1) is 0 Å². The Hall–Kier alpha value is -3.23. The maximum Gasteiger partial charge on any atom is 0.264 e. The van der Waals surface area contributed by atoms with Crippen molar-refractivity contribution in [2.45, 2.75) is 50.5 Å². The number of amides is 2. The van der Waals surface area contributed by atoms with Crippen molar-refractivity contribution < 1.29 is 22.6 Å². The van der Waals surface area contributed by atoms with E-state index in [1.165, 1.54) is 24.3 Å². The van der Waals surface area contributed by atoms with Gasteiger partial charge in [0.05, 0.1) is 32.3 Å². The van der Waals surface area contributed by atoms with Gasteiger partial charge in [-0.05, 0) is 55.2 Å². The average Bonchev–Trinajstić information content (AvgIpc) is 3.07. The molecule has 1 N–H and O–H groups in total. The molecule has 1 aliphatic heterocycles. The Balaban J connectivity index is 1.75. The number of pyridine rings is 1. The number of nitrogens with one attached hydrogen (secondary N) is 1. The summed E-state index contributed by atoms with van der Waals surface area (Å²) >= 11 is 6.36. The Morgan fingerprint density at radius 2 is 1.47 bits per heavy atom. The van der Waals surface area contributed by atoms with Crippen LogP contribution in [-0.4, -0.2) is 25.1 Å². The third-order valence-electron chi connectivity index (χ3n) is 6.47. The van der Waals surface area contributed by atoms with E-state index in [-0.39, 0.29) is 32.1 Å². The van der Waals surface area contributed by atoms with Gasteiger partial charge >= 0.3 is 0 Å². The number of imide groups is 1. The van der Waals surface area contributed by atoms with Crippen molar-refractivity contribution in [1.82, 2.24) is 4.90 Å². The lowest BCUT2D eigenvalue weighted by molar-refractivity contribution is -0.672. The summed E-state index contributed by atoms with van der Waals surface area (Å²) in [5.41, 5.74) is 0.500. The molecule has 7 nitrogen and oxygen atoms in total. The fraction of sp³-hybridized carbons (Fsp3) is 0.296. The second-order valence-corrected chi connectivity index (χ2v) is 12.6. The highest BCUT2D eigenvalue weighted by Gasteiger charge is 2.48. The molecular weight excluding hydrogens is 498 g/mol. The van der Waals surface area contributed by atoms with Crippen molar-refractivity contribution in [3.05, 3.63) is 88.2 Å². The van der Waals surface area contributed by atoms with E-state index in [0.29, 0.717) is 0 Å². The molecule has 0 saturated heterocycles. The molecule has 4 rings (SSSR count). The van der Waals surface area contributed by atoms with Crippen LogP contribution < -0.4 is 9.29 Å². The predicted molar refractivity (Wildman–Crippen MR) is 139 cm³/mol. The second-order valence-electron chi connectivity index (χ2n) is 10.5. The van der Waals surface area contributed by atoms with Crippen LogP contribution >= 0.6 is 11.6 Å². The molecule has 36 heavy (non-hydrogen) atoms. The van der Waals surface area contributed by atoms with E-state index in [2.05, 4.69) is 4.72 Å². The molecule has 3 aromatic rings. The number of nitrogens with zero attached hydrogens (tertiary/aromatic N) is 2. The van der Waals surface area contributed by atoms with Crippen LogP contribution in [-0.2, 0) is 28.0 Å². The van der Waals surface area contributed by atoms with Gasteiger partial charge in [0.2, 0.25) is 0 Å². The average molecular weight is 527 g/mol. The van der Waals surface area contributed by atoms with Gasteiger partial charge in [-0.2, -0.15) is 0 Å². The van der Waals surface area contributed by atoms with Crippen molar-refractivity contribution in [2.75, 3.05) is 4.72 Å². The highest BCUT2D eigenvalue weighted by Crippen LogP contribution is 2.41. The van der Waals surface area contributed by atoms with Crippen molar-refractivity contribution >= 4 is 39.1 Å². The highest BCUT2D eigenvalue weighted by molar-refractivity contribution is 7.92. The van der Waals surface area contributed by atoms with Crippen LogP contribution in [0.5, 0.6) is 0 Å². The van der Waals surface area contributed by atoms with Crippen molar-refractivity contribution in [2.24, 2.45) is 7.05 Å². The molecule has 0 unspecified atom stereocenters. The molecule has 1 aliphatic rings. The maximum atomic E-state index is 13.7. The lowest BCUT2D eigenvalue weighted by Crippen LogP contribution is -2.46. The molecule has 188 valence electrons. The molecule has 0 spiro atoms. The molecule has 9 heteroatoms. The Morgan fingerprint density at radius 3 is 2.06 bits per heavy atom. The minimum absolute atomic E-state index is 0.00423. The SMILES string of the molecule is C[n+]1cccc(C(C)(C)N2C(=O)c3c(Cl)ccc(NS(=O)(=O)c4ccc(C(C)(C)C)cc4)c3C2=O)c1. The first-order valence-corrected chi connectivity index (χ1v) is 13.3. The summed E-state index contributed by atoms with van der Waals surface area (Å²) in [5.74, 6) is -1.19. The lowest BCUT2D eigenvalue weighted by Gasteiger charge is -2.33. The first kappa shape index (κ1) is 25.9. The number of hydrogen-bond donors (Lipinski definition) is 1. The monoisotopic (exact) mass is 526 g/mol. The summed E-state index contributed by atoms with van der Waals surface area (Å²) in [6.07, 6.45) is 3.68. The van der Waals surface area contributed by atoms with Gasteiger partial charge in [0.15, 0.2) is 12.4 Å². The number of carbonyl (C=O) groups is 2. The van der Waals surface area contributed by atoms with Crippen molar-refractivity contribution in [3.63, 3.8) is 0 Å². The number of aromatic nitrogens is 1. The summed E-state index contributed by atoms with van der Waals surface area (Å²) in [4.78, 5) is 28.3. The Bertz CT molecular complexity index is 1490. The molecule has 2 amide bonds. The molecule has 0 aliphatic carbocycles. The predicted octanol–water partition coefficient (Wildman–Crippen LogP) is 4.79. The highest BCUT2D eigenvalue weighted by atomic mass is 35.5. The number of aryl methyl sites for hydroxylation is 1. The number of benzene rings is 2. The van der Waals surface area contributed by atoms with Gasteiger partial charge in [-0.25, -0.2) is 13.0 Å². The van der Waals surface area contributed by atoms with Crippen molar-refractivity contribution in [1.29, 1.82) is 0 Å². The normalized spacial score (nSPS) is 14.2. The number of fused-ring (bicyclic) bond motifs is 1. The zero-order chi connectivity index (χ0) is 26.6. The minimum atomic E-state index is -4.04. The van der Waals surface area contributed by atoms with E-state index in [1.54, 1.807) is 26.0 Å². The first-order chi connectivity index (χ1) is 16.6. The van der Waals surface area contributed by atoms with Crippen LogP contribution in [0.2, 0.25) is 5.02 Å². The first-order valence-electron chi connectivity index (χ1n) is 11.4. The molecule has 0 atom stereocenters. The summed E-state index contributed by atoms with van der Waals surface area (Å²) in [6, 6.07) is 13.1. The molecule has 2 heterocycles. The van der Waals surface area contributed by atoms with E-state index in [1.807, 2.05) is 56.9 Å². The Labute approximate surface area is 216 Å². The number of carbonyl (C=O) groups excluding carboxylic acids is 2. The smallest absolute Gasteiger partial charge is 0.264 e. The van der Waals surface area contributed by atoms with E-state index in [4.69, 9.17) is 11.6 Å². The lowest BCUT2D eigenvalue weighted by atomic mass is 9.87. The van der Waals surface area contributed by atoms with Gasteiger partial charge in [0.25, 0.3) is 21.8 Å². The number of rotatable bonds is 5. The standard InChI is InChI=1S/C27H28ClN3O4S/c1-26(2,3)17-9-11-19(12-10-17)36(34,35)29-21-14-13-20(28)22-23(21)25(33)31(24(22)32)27(4,5)18-8-7-15-30(6)16-18/h7-16H,1-6H3/p+1. The van der Waals surface area contributed by atoms with Crippen LogP contribution in [0.25, 0.3) is 0 Å². The molecule has 0 radical (unpaired) electrons. The van der Waals surface area contributed by atoms with Gasteiger partial charge in [-0.1, -0.05) is 44.5 Å². The summed E-state index contributed by atoms with van der Waals surface area (Å²) in [6.45, 7) is 9.64. The molecule has 0 fully saturated rings. The Kier molecular flexibility index (Phi) is 6.25. The topological polar surface area (TPSA) is 87.4 Å². The van der Waals surface area contributed by atoms with Crippen LogP contribution in [0.4, 0.5) is 5.69 Å². The van der Waals surface area contributed by atoms with Crippen LogP contribution in [0.1, 0.15) is 66.5 Å². The number of anilines is 1. The van der Waals surface area contributed by atoms with Gasteiger partial charge < -0.3 is 0 Å². The third-order valence-corrected chi connectivity index (χ3v) is 8.16. The fourth-order valence-electron chi connectivity index (χ4n) is 4.33. The molecule has 0 saturated carbocycles. The minimum Gasteiger partial charge on any atom is -0.279 e. The molecule has 0 bridgehead atoms. The number of halogens is 1. The number of hydrogen-bond acceptors (Lipinski definition) is 4.